The molecule has 0 unspecified atom stereocenters. The molecule has 14 rings (SSSR count). The Morgan fingerprint density at radius 3 is 0.963 bits per heavy atom. The van der Waals surface area contributed by atoms with E-state index in [-0.39, 0.29) is 21.7 Å². The van der Waals surface area contributed by atoms with Crippen LogP contribution in [0.3, 0.4) is 0 Å². The smallest absolute Gasteiger partial charge is 0.0714 e. The summed E-state index contributed by atoms with van der Waals surface area (Å²) in [7, 11) is 0. The Hall–Kier alpha value is -8.40. The first-order valence-corrected chi connectivity index (χ1v) is 28.8. The van der Waals surface area contributed by atoms with E-state index in [2.05, 4.69) is 309 Å². The lowest BCUT2D eigenvalue weighted by Crippen LogP contribution is -2.28. The number of fused-ring (bicyclic) bond motifs is 12. The molecule has 3 aromatic heterocycles. The Morgan fingerprint density at radius 2 is 0.575 bits per heavy atom. The van der Waals surface area contributed by atoms with Gasteiger partial charge in [0.25, 0.3) is 0 Å². The van der Waals surface area contributed by atoms with Gasteiger partial charge >= 0.3 is 0 Å². The zero-order chi connectivity index (χ0) is 55.4. The molecule has 3 heteroatoms. The van der Waals surface area contributed by atoms with Crippen molar-refractivity contribution in [2.45, 2.75) is 110 Å². The lowest BCUT2D eigenvalue weighted by Gasteiger charge is -2.34. The Kier molecular flexibility index (Phi) is 10.8. The van der Waals surface area contributed by atoms with Gasteiger partial charge in [-0.3, -0.25) is 0 Å². The van der Waals surface area contributed by atoms with E-state index < -0.39 is 5.41 Å². The molecule has 0 saturated heterocycles. The van der Waals surface area contributed by atoms with E-state index >= 15 is 0 Å². The van der Waals surface area contributed by atoms with Crippen molar-refractivity contribution < 1.29 is 0 Å². The Morgan fingerprint density at radius 1 is 0.250 bits per heavy atom. The summed E-state index contributed by atoms with van der Waals surface area (Å²) in [5.74, 6) is 0. The first-order chi connectivity index (χ1) is 38.2. The van der Waals surface area contributed by atoms with Crippen LogP contribution in [0, 0.1) is 0 Å². The molecule has 0 saturated carbocycles. The van der Waals surface area contributed by atoms with E-state index in [1.54, 1.807) is 0 Å². The zero-order valence-electron chi connectivity index (χ0n) is 48.5. The molecule has 3 nitrogen and oxygen atoms in total. The first-order valence-electron chi connectivity index (χ1n) is 28.8. The van der Waals surface area contributed by atoms with Crippen LogP contribution in [0.2, 0.25) is 0 Å². The number of hydrogen-bond acceptors (Lipinski definition) is 0. The van der Waals surface area contributed by atoms with Crippen molar-refractivity contribution in [3.05, 3.63) is 257 Å². The van der Waals surface area contributed by atoms with E-state index in [4.69, 9.17) is 0 Å². The Balaban J connectivity index is 1.08. The average Bonchev–Trinajstić information content (AvgIpc) is 3.62. The minimum atomic E-state index is -0.554. The molecule has 80 heavy (non-hydrogen) atoms. The van der Waals surface area contributed by atoms with Gasteiger partial charge in [0.1, 0.15) is 0 Å². The lowest BCUT2D eigenvalue weighted by molar-refractivity contribution is 0.590. The summed E-state index contributed by atoms with van der Waals surface area (Å²) in [6.45, 7) is 27.8. The third-order valence-electron chi connectivity index (χ3n) is 17.9. The van der Waals surface area contributed by atoms with Crippen LogP contribution in [-0.4, -0.2) is 13.7 Å². The number of aromatic nitrogens is 3. The van der Waals surface area contributed by atoms with Crippen LogP contribution in [0.25, 0.3) is 93.6 Å². The van der Waals surface area contributed by atoms with Gasteiger partial charge in [-0.05, 0) is 162 Å². The Bertz CT molecular complexity index is 4270. The maximum atomic E-state index is 2.58. The highest BCUT2D eigenvalue weighted by molar-refractivity contribution is 6.14. The highest BCUT2D eigenvalue weighted by Gasteiger charge is 2.46. The van der Waals surface area contributed by atoms with Gasteiger partial charge in [0.2, 0.25) is 0 Å². The van der Waals surface area contributed by atoms with E-state index in [1.165, 1.54) is 110 Å². The van der Waals surface area contributed by atoms with Gasteiger partial charge in [-0.2, -0.15) is 0 Å². The summed E-state index contributed by atoms with van der Waals surface area (Å²) in [5, 5.41) is 7.58. The molecular weight excluding hydrogens is 967 g/mol. The minimum absolute atomic E-state index is 0.00273. The molecule has 0 bridgehead atoms. The summed E-state index contributed by atoms with van der Waals surface area (Å²) in [5.41, 5.74) is 23.0. The van der Waals surface area contributed by atoms with Crippen molar-refractivity contribution in [3.8, 4) is 28.2 Å². The fraction of sp³-hybridized carbons (Fsp3) is 0.221. The van der Waals surface area contributed by atoms with Crippen molar-refractivity contribution in [1.29, 1.82) is 0 Å². The summed E-state index contributed by atoms with van der Waals surface area (Å²) in [4.78, 5) is 0. The second-order valence-electron chi connectivity index (χ2n) is 27.1. The quantitative estimate of drug-likeness (QED) is 0.163. The summed E-state index contributed by atoms with van der Waals surface area (Å²) in [6, 6.07) is 81.9. The highest BCUT2D eigenvalue weighted by atomic mass is 15.0. The third kappa shape index (κ3) is 7.46. The maximum absolute atomic E-state index is 2.58. The molecule has 0 amide bonds. The molecule has 1 aliphatic carbocycles. The predicted octanol–water partition coefficient (Wildman–Crippen LogP) is 20.5. The van der Waals surface area contributed by atoms with Crippen LogP contribution >= 0.6 is 0 Å². The molecular formula is C77H71N3. The molecule has 0 aliphatic heterocycles. The van der Waals surface area contributed by atoms with E-state index in [0.717, 1.165) is 28.1 Å². The van der Waals surface area contributed by atoms with Crippen molar-refractivity contribution in [1.82, 2.24) is 13.7 Å². The largest absolute Gasteiger partial charge is 0.309 e. The van der Waals surface area contributed by atoms with Crippen molar-refractivity contribution >= 4 is 65.4 Å². The molecule has 3 heterocycles. The van der Waals surface area contributed by atoms with Crippen LogP contribution in [0.1, 0.15) is 128 Å². The number of hydrogen-bond donors (Lipinski definition) is 0. The predicted molar refractivity (Wildman–Crippen MR) is 342 cm³/mol. The van der Waals surface area contributed by atoms with E-state index in [0.29, 0.717) is 0 Å². The van der Waals surface area contributed by atoms with Gasteiger partial charge in [0.15, 0.2) is 0 Å². The first kappa shape index (κ1) is 49.9. The van der Waals surface area contributed by atoms with Crippen molar-refractivity contribution in [2.24, 2.45) is 0 Å². The molecule has 13 aromatic rings. The molecule has 0 fully saturated rings. The minimum Gasteiger partial charge on any atom is -0.309 e. The molecule has 0 radical (unpaired) electrons. The SMILES string of the molecule is CC(C)(C)c1ccc2c(c1)c1cc(C(C)(C)C)ccc1n2-c1ccc2c3ccc(-n4c5ccc(C(C)(C)C)cc5c5cc(C(C)(C)C)ccc54)cc3n(-c3ccc4c(c3)C(c3ccccc3)(c3ccccc3)c3ccccc3-4)c2c1. The van der Waals surface area contributed by atoms with Gasteiger partial charge in [0, 0.05) is 49.4 Å². The summed E-state index contributed by atoms with van der Waals surface area (Å²) in [6.07, 6.45) is 0. The van der Waals surface area contributed by atoms with Gasteiger partial charge in [-0.1, -0.05) is 210 Å². The molecule has 394 valence electrons. The second kappa shape index (κ2) is 17.3. The Labute approximate surface area is 471 Å². The average molecular weight is 1040 g/mol. The van der Waals surface area contributed by atoms with Crippen LogP contribution in [0.15, 0.2) is 212 Å². The second-order valence-corrected chi connectivity index (χ2v) is 27.1. The van der Waals surface area contributed by atoms with E-state index in [1.807, 2.05) is 0 Å². The monoisotopic (exact) mass is 1040 g/mol. The summed E-state index contributed by atoms with van der Waals surface area (Å²) < 4.78 is 7.61. The molecule has 0 atom stereocenters. The van der Waals surface area contributed by atoms with Crippen LogP contribution in [-0.2, 0) is 27.1 Å². The zero-order valence-corrected chi connectivity index (χ0v) is 48.5. The number of rotatable bonds is 5. The maximum Gasteiger partial charge on any atom is 0.0714 e. The van der Waals surface area contributed by atoms with Gasteiger partial charge in [-0.25, -0.2) is 0 Å². The van der Waals surface area contributed by atoms with E-state index in [9.17, 15) is 0 Å². The van der Waals surface area contributed by atoms with Gasteiger partial charge < -0.3 is 13.7 Å². The van der Waals surface area contributed by atoms with Crippen molar-refractivity contribution in [2.75, 3.05) is 0 Å². The van der Waals surface area contributed by atoms with Crippen LogP contribution < -0.4 is 0 Å². The molecule has 0 N–H and O–H groups in total. The normalized spacial score (nSPS) is 13.8. The fourth-order valence-corrected chi connectivity index (χ4v) is 13.6. The highest BCUT2D eigenvalue weighted by Crippen LogP contribution is 2.57. The van der Waals surface area contributed by atoms with Gasteiger partial charge in [0.05, 0.1) is 38.5 Å². The standard InChI is InChI=1S/C77H71N3/c1-73(2,3)50-27-37-67-61(41-50)62-42-51(74(4,5)6)28-38-68(62)78(67)55-32-35-59-60-36-33-56(79-69-39-29-52(75(7,8)9)43-63(69)64-44-53(76(10,11)12)30-40-70(64)79)47-72(60)80(71(59)46-55)54-31-34-58-57-25-19-20-26-65(57)77(66(58)45-54,48-21-15-13-16-22-48)49-23-17-14-18-24-49/h13-47H,1-12H3. The van der Waals surface area contributed by atoms with Crippen LogP contribution in [0.5, 0.6) is 0 Å². The molecule has 10 aromatic carbocycles. The van der Waals surface area contributed by atoms with Crippen molar-refractivity contribution in [3.63, 3.8) is 0 Å². The lowest BCUT2D eigenvalue weighted by atomic mass is 9.67. The third-order valence-corrected chi connectivity index (χ3v) is 17.9. The number of nitrogens with zero attached hydrogens (tertiary/aromatic N) is 3. The summed E-state index contributed by atoms with van der Waals surface area (Å²) >= 11 is 0. The number of benzene rings is 10. The molecule has 0 spiro atoms. The topological polar surface area (TPSA) is 14.8 Å². The van der Waals surface area contributed by atoms with Gasteiger partial charge in [-0.15, -0.1) is 0 Å². The fourth-order valence-electron chi connectivity index (χ4n) is 13.6. The molecule has 1 aliphatic rings. The van der Waals surface area contributed by atoms with Crippen LogP contribution in [0.4, 0.5) is 0 Å².